The summed E-state index contributed by atoms with van der Waals surface area (Å²) in [6, 6.07) is 0. The molecule has 0 heterocycles. The van der Waals surface area contributed by atoms with Gasteiger partial charge in [-0.3, -0.25) is 0 Å². The zero-order valence-electron chi connectivity index (χ0n) is 11.3. The van der Waals surface area contributed by atoms with Crippen LogP contribution in [0, 0.1) is 44.6 Å². The zero-order valence-corrected chi connectivity index (χ0v) is 15.3. The first-order valence-electron chi connectivity index (χ1n) is 1.95. The molecule has 14 heavy (non-hydrogen) atoms. The van der Waals surface area contributed by atoms with E-state index in [1.165, 1.54) is 0 Å². The number of hydrogen-bond donors (Lipinski definition) is 0. The Morgan fingerprint density at radius 1 is 0.714 bits per heavy atom. The molecule has 0 aromatic carbocycles. The van der Waals surface area contributed by atoms with Crippen LogP contribution in [-0.4, -0.2) is 40.8 Å². The molecule has 1 nitrogen and oxygen atoms in total. The number of nitrogens with zero attached hydrogens (tertiary/aromatic N) is 1. The van der Waals surface area contributed by atoms with Crippen LogP contribution in [-0.2, 0) is 16.8 Å². The fraction of sp³-hybridized carbons (Fsp3) is 0.333. The molecule has 0 rings (SSSR count). The van der Waals surface area contributed by atoms with Gasteiger partial charge in [0, 0.05) is 36.8 Å². The van der Waals surface area contributed by atoms with Crippen LogP contribution in [0.4, 0.5) is 0 Å². The molecule has 0 unspecified atom stereocenters. The van der Waals surface area contributed by atoms with Crippen LogP contribution >= 0.6 is 7.92 Å². The van der Waals surface area contributed by atoms with Crippen molar-refractivity contribution >= 4 is 28.7 Å². The Bertz CT molecular complexity index is 34.0. The van der Waals surface area contributed by atoms with Gasteiger partial charge in [0.15, 0.2) is 0 Å². The summed E-state index contributed by atoms with van der Waals surface area (Å²) in [7, 11) is 5.56. The molecule has 97 valence electrons. The standard InChI is InChI=1S/C3H9P.6CH3.Co.NSi2/c1-4(2)3;;;;;;;;2-1-3/h1-3H3;6*1H3;;/q;6*-1;;-1/p+1. The Balaban J connectivity index is -0.00000000344. The van der Waals surface area contributed by atoms with Gasteiger partial charge in [0.05, 0.1) is 0 Å². The van der Waals surface area contributed by atoms with Crippen molar-refractivity contribution in [1.82, 2.24) is 0 Å². The predicted octanol–water partition coefficient (Wildman–Crippen LogP) is 3.32. The maximum absolute atomic E-state index is 3.11. The van der Waals surface area contributed by atoms with Crippen molar-refractivity contribution in [2.24, 2.45) is 0 Å². The SMILES string of the molecule is C[PH+](C)C.[CH3-].[CH3-].[CH3-].[CH3-].[CH3-].[CH3-].[Co].[Si][N-][Si]. The number of hydrogen-bond acceptors (Lipinski definition) is 0. The van der Waals surface area contributed by atoms with Gasteiger partial charge in [-0.1, -0.05) is 0 Å². The van der Waals surface area contributed by atoms with E-state index in [9.17, 15) is 0 Å². The van der Waals surface area contributed by atoms with Crippen LogP contribution in [0.25, 0.3) is 4.65 Å². The van der Waals surface area contributed by atoms with E-state index in [-0.39, 0.29) is 69.3 Å². The Labute approximate surface area is 115 Å². The number of rotatable bonds is 0. The fourth-order valence-corrected chi connectivity index (χ4v) is 0. The van der Waals surface area contributed by atoms with Crippen LogP contribution in [0.5, 0.6) is 0 Å². The van der Waals surface area contributed by atoms with E-state index in [0.717, 1.165) is 0 Å². The van der Waals surface area contributed by atoms with Gasteiger partial charge in [-0.15, -0.1) is 0 Å². The minimum absolute atomic E-state index is 0. The molecule has 0 aliphatic rings. The third-order valence-electron chi connectivity index (χ3n) is 0. The van der Waals surface area contributed by atoms with Gasteiger partial charge in [-0.2, -0.15) is 20.8 Å². The third-order valence-corrected chi connectivity index (χ3v) is 0. The second-order valence-electron chi connectivity index (χ2n) is 1.61. The molecule has 0 amide bonds. The van der Waals surface area contributed by atoms with E-state index < -0.39 is 0 Å². The van der Waals surface area contributed by atoms with Crippen molar-refractivity contribution in [1.29, 1.82) is 0 Å². The van der Waals surface area contributed by atoms with Crippen LogP contribution in [0.15, 0.2) is 0 Å². The first kappa shape index (κ1) is 78.6. The third kappa shape index (κ3) is 1150. The Kier molecular flexibility index (Phi) is 503. The van der Waals surface area contributed by atoms with E-state index in [1.807, 2.05) is 0 Å². The smallest absolute Gasteiger partial charge is 0.0461 e. The molecular formula is C9H28CoNPSi2-6. The van der Waals surface area contributed by atoms with Gasteiger partial charge < -0.3 is 49.2 Å². The average molecular weight is 296 g/mol. The van der Waals surface area contributed by atoms with Gasteiger partial charge >= 0.3 is 0 Å². The normalized spacial score (nSPS) is 3.86. The Hall–Kier alpha value is 1.33. The van der Waals surface area contributed by atoms with Crippen molar-refractivity contribution < 1.29 is 16.8 Å². The molecule has 0 aliphatic carbocycles. The van der Waals surface area contributed by atoms with Crippen LogP contribution < -0.4 is 0 Å². The van der Waals surface area contributed by atoms with Gasteiger partial charge in [0.1, 0.15) is 0 Å². The van der Waals surface area contributed by atoms with Crippen molar-refractivity contribution in [3.05, 3.63) is 49.2 Å². The Morgan fingerprint density at radius 3 is 0.714 bits per heavy atom. The molecule has 5 heteroatoms. The second kappa shape index (κ2) is 89.6. The summed E-state index contributed by atoms with van der Waals surface area (Å²) < 4.78 is 3.11. The van der Waals surface area contributed by atoms with Crippen molar-refractivity contribution in [3.63, 3.8) is 0 Å². The quantitative estimate of drug-likeness (QED) is 0.370. The first-order valence-corrected chi connectivity index (χ1v) is 5.84. The topological polar surface area (TPSA) is 14.1 Å². The van der Waals surface area contributed by atoms with E-state index in [2.05, 4.69) is 45.5 Å². The monoisotopic (exact) mass is 296 g/mol. The molecule has 0 saturated heterocycles. The molecule has 0 aliphatic heterocycles. The fourth-order valence-electron chi connectivity index (χ4n) is 0. The van der Waals surface area contributed by atoms with Crippen molar-refractivity contribution in [2.75, 3.05) is 20.0 Å². The van der Waals surface area contributed by atoms with E-state index in [0.29, 0.717) is 0 Å². The van der Waals surface area contributed by atoms with E-state index in [4.69, 9.17) is 0 Å². The van der Waals surface area contributed by atoms with Gasteiger partial charge in [-0.05, 0) is 7.92 Å². The molecule has 0 atom stereocenters. The maximum Gasteiger partial charge on any atom is 0.0461 e. The van der Waals surface area contributed by atoms with Crippen molar-refractivity contribution in [3.8, 4) is 0 Å². The summed E-state index contributed by atoms with van der Waals surface area (Å²) in [5, 5.41) is 0. The summed E-state index contributed by atoms with van der Waals surface area (Å²) in [6.45, 7) is 6.81. The molecular weight excluding hydrogens is 268 g/mol. The summed E-state index contributed by atoms with van der Waals surface area (Å²) in [5.41, 5.74) is 0. The van der Waals surface area contributed by atoms with E-state index in [1.54, 1.807) is 0 Å². The minimum Gasteiger partial charge on any atom is -0.686 e. The van der Waals surface area contributed by atoms with Gasteiger partial charge in [0.2, 0.25) is 0 Å². The van der Waals surface area contributed by atoms with Crippen LogP contribution in [0.3, 0.4) is 0 Å². The van der Waals surface area contributed by atoms with Gasteiger partial charge in [-0.25, -0.2) is 0 Å². The molecule has 0 bridgehead atoms. The predicted molar refractivity (Wildman–Crippen MR) is 79.4 cm³/mol. The molecule has 0 aromatic rings. The first-order chi connectivity index (χ1) is 3.15. The van der Waals surface area contributed by atoms with Gasteiger partial charge in [0.25, 0.3) is 0 Å². The summed E-state index contributed by atoms with van der Waals surface area (Å²) in [4.78, 5) is 0. The molecule has 7 radical (unpaired) electrons. The minimum atomic E-state index is 0. The average Bonchev–Trinajstić information content (AvgIpc) is 1.33. The second-order valence-corrected chi connectivity index (χ2v) is 5.51. The molecule has 0 saturated carbocycles. The van der Waals surface area contributed by atoms with E-state index >= 15 is 0 Å². The zero-order chi connectivity index (χ0) is 6.28. The van der Waals surface area contributed by atoms with Crippen molar-refractivity contribution in [2.45, 2.75) is 0 Å². The molecule has 0 aromatic heterocycles. The molecule has 0 fully saturated rings. The largest absolute Gasteiger partial charge is 0.686 e. The van der Waals surface area contributed by atoms with Crippen LogP contribution in [0.2, 0.25) is 0 Å². The molecule has 0 N–H and O–H groups in total. The summed E-state index contributed by atoms with van der Waals surface area (Å²) in [6.07, 6.45) is 0. The summed E-state index contributed by atoms with van der Waals surface area (Å²) >= 11 is 0. The van der Waals surface area contributed by atoms with Crippen LogP contribution in [0.1, 0.15) is 0 Å². The molecule has 0 spiro atoms. The summed E-state index contributed by atoms with van der Waals surface area (Å²) in [5.74, 6) is 0. The maximum atomic E-state index is 3.11. The Morgan fingerprint density at radius 2 is 0.714 bits per heavy atom.